The van der Waals surface area contributed by atoms with Crippen LogP contribution in [0, 0.1) is 11.8 Å². The summed E-state index contributed by atoms with van der Waals surface area (Å²) < 4.78 is 0. The maximum absolute atomic E-state index is 12.3. The lowest BCUT2D eigenvalue weighted by Crippen LogP contribution is -2.26. The number of amides is 1. The molecule has 1 aromatic carbocycles. The third-order valence-corrected chi connectivity index (χ3v) is 7.69. The van der Waals surface area contributed by atoms with E-state index in [9.17, 15) is 9.59 Å². The van der Waals surface area contributed by atoms with Crippen LogP contribution in [0.25, 0.3) is 0 Å². The van der Waals surface area contributed by atoms with Gasteiger partial charge in [0.2, 0.25) is 0 Å². The van der Waals surface area contributed by atoms with Gasteiger partial charge in [-0.25, -0.2) is 0 Å². The van der Waals surface area contributed by atoms with Crippen LogP contribution in [0.15, 0.2) is 30.3 Å². The van der Waals surface area contributed by atoms with Crippen molar-refractivity contribution in [3.8, 4) is 0 Å². The molecule has 1 aliphatic carbocycles. The van der Waals surface area contributed by atoms with Crippen molar-refractivity contribution < 1.29 is 14.7 Å². The molecule has 1 amide bonds. The molecule has 3 N–H and O–H groups in total. The lowest BCUT2D eigenvalue weighted by molar-refractivity contribution is -0.136. The summed E-state index contributed by atoms with van der Waals surface area (Å²) in [6.07, 6.45) is 8.52. The number of aliphatic carboxylic acids is 1. The minimum absolute atomic E-state index is 0.0757. The number of hydrogen-bond donors (Lipinski definition) is 3. The Kier molecular flexibility index (Phi) is 9.36. The minimum Gasteiger partial charge on any atom is -0.481 e. The number of carboxylic acid groups (broad SMARTS) is 1. The van der Waals surface area contributed by atoms with E-state index in [2.05, 4.69) is 37.5 Å². The summed E-state index contributed by atoms with van der Waals surface area (Å²) in [6.45, 7) is 6.95. The van der Waals surface area contributed by atoms with Crippen LogP contribution in [0.1, 0.15) is 91.0 Å². The van der Waals surface area contributed by atoms with E-state index in [4.69, 9.17) is 5.11 Å². The average molecular weight is 471 g/mol. The predicted molar refractivity (Wildman–Crippen MR) is 136 cm³/mol. The summed E-state index contributed by atoms with van der Waals surface area (Å²) in [5.74, 6) is 0.108. The van der Waals surface area contributed by atoms with Gasteiger partial charge in [0.1, 0.15) is 0 Å². The zero-order chi connectivity index (χ0) is 23.8. The van der Waals surface area contributed by atoms with E-state index in [1.807, 2.05) is 35.6 Å². The molecule has 180 valence electrons. The highest BCUT2D eigenvalue weighted by Gasteiger charge is 2.28. The number of carboxylic acids is 1. The van der Waals surface area contributed by atoms with Gasteiger partial charge in [0.05, 0.1) is 12.5 Å². The smallest absolute Gasteiger partial charge is 0.305 e. The Morgan fingerprint density at radius 3 is 2.42 bits per heavy atom. The molecule has 5 nitrogen and oxygen atoms in total. The molecule has 1 saturated carbocycles. The summed E-state index contributed by atoms with van der Waals surface area (Å²) in [7, 11) is 0. The first-order valence-electron chi connectivity index (χ1n) is 12.4. The molecule has 1 heterocycles. The van der Waals surface area contributed by atoms with Gasteiger partial charge in [-0.15, -0.1) is 11.3 Å². The van der Waals surface area contributed by atoms with Crippen LogP contribution < -0.4 is 10.6 Å². The Balaban J connectivity index is 1.78. The van der Waals surface area contributed by atoms with Gasteiger partial charge in [-0.1, -0.05) is 40.0 Å². The zero-order valence-electron chi connectivity index (χ0n) is 20.2. The van der Waals surface area contributed by atoms with Crippen molar-refractivity contribution in [3.05, 3.63) is 51.2 Å². The molecule has 0 bridgehead atoms. The number of hydrogen-bond acceptors (Lipinski definition) is 4. The molecule has 0 saturated heterocycles. The molecular formula is C27H38N2O3S. The highest BCUT2D eigenvalue weighted by molar-refractivity contribution is 7.12. The van der Waals surface area contributed by atoms with Crippen LogP contribution >= 0.6 is 11.3 Å². The number of aryl methyl sites for hydroxylation is 1. The van der Waals surface area contributed by atoms with E-state index < -0.39 is 5.97 Å². The van der Waals surface area contributed by atoms with Crippen LogP contribution in [0.3, 0.4) is 0 Å². The number of carbonyl (C=O) groups excluding carboxylic acids is 1. The van der Waals surface area contributed by atoms with Gasteiger partial charge in [-0.2, -0.15) is 0 Å². The van der Waals surface area contributed by atoms with Gasteiger partial charge in [0, 0.05) is 27.5 Å². The molecule has 33 heavy (non-hydrogen) atoms. The number of benzene rings is 1. The predicted octanol–water partition coefficient (Wildman–Crippen LogP) is 6.45. The van der Waals surface area contributed by atoms with E-state index in [0.29, 0.717) is 17.4 Å². The van der Waals surface area contributed by atoms with Crippen molar-refractivity contribution in [1.29, 1.82) is 0 Å². The molecule has 0 spiro atoms. The molecule has 2 aromatic rings. The van der Waals surface area contributed by atoms with E-state index in [0.717, 1.165) is 18.5 Å². The van der Waals surface area contributed by atoms with Crippen LogP contribution in [0.4, 0.5) is 5.69 Å². The average Bonchev–Trinajstić information content (AvgIpc) is 3.19. The van der Waals surface area contributed by atoms with Gasteiger partial charge in [-0.05, 0) is 73.4 Å². The van der Waals surface area contributed by atoms with Crippen molar-refractivity contribution in [1.82, 2.24) is 5.32 Å². The molecule has 1 unspecified atom stereocenters. The number of thiophene rings is 1. The number of carbonyl (C=O) groups is 2. The van der Waals surface area contributed by atoms with E-state index in [1.165, 1.54) is 47.4 Å². The van der Waals surface area contributed by atoms with Gasteiger partial charge in [0.15, 0.2) is 0 Å². The minimum atomic E-state index is -0.917. The van der Waals surface area contributed by atoms with Crippen molar-refractivity contribution in [2.45, 2.75) is 78.2 Å². The SMILES string of the molecule is CCc1sc(CC(C)C)cc1C(Nc1ccc(C(=O)NCCC(=O)O)cc1)C1CCCCC1. The monoisotopic (exact) mass is 470 g/mol. The Morgan fingerprint density at radius 2 is 1.82 bits per heavy atom. The third-order valence-electron chi connectivity index (χ3n) is 6.37. The second kappa shape index (κ2) is 12.2. The van der Waals surface area contributed by atoms with Gasteiger partial charge in [0.25, 0.3) is 5.91 Å². The van der Waals surface area contributed by atoms with Crippen LogP contribution in [-0.4, -0.2) is 23.5 Å². The van der Waals surface area contributed by atoms with Crippen molar-refractivity contribution in [2.75, 3.05) is 11.9 Å². The largest absolute Gasteiger partial charge is 0.481 e. The Labute approximate surface area is 202 Å². The second-order valence-electron chi connectivity index (χ2n) is 9.54. The first-order chi connectivity index (χ1) is 15.9. The van der Waals surface area contributed by atoms with Crippen LogP contribution in [-0.2, 0) is 17.6 Å². The van der Waals surface area contributed by atoms with Gasteiger partial charge < -0.3 is 15.7 Å². The lowest BCUT2D eigenvalue weighted by Gasteiger charge is -2.32. The fourth-order valence-corrected chi connectivity index (χ4v) is 6.11. The Bertz CT molecular complexity index is 914. The summed E-state index contributed by atoms with van der Waals surface area (Å²) in [4.78, 5) is 25.9. The van der Waals surface area contributed by atoms with Gasteiger partial charge >= 0.3 is 5.97 Å². The maximum Gasteiger partial charge on any atom is 0.305 e. The molecular weight excluding hydrogens is 432 g/mol. The zero-order valence-corrected chi connectivity index (χ0v) is 21.0. The summed E-state index contributed by atoms with van der Waals surface area (Å²) >= 11 is 1.97. The molecule has 0 radical (unpaired) electrons. The fraction of sp³-hybridized carbons (Fsp3) is 0.556. The van der Waals surface area contributed by atoms with Crippen LogP contribution in [0.5, 0.6) is 0 Å². The van der Waals surface area contributed by atoms with Crippen molar-refractivity contribution >= 4 is 28.9 Å². The summed E-state index contributed by atoms with van der Waals surface area (Å²) in [6, 6.07) is 10.3. The Hall–Kier alpha value is -2.34. The highest BCUT2D eigenvalue weighted by atomic mass is 32.1. The molecule has 6 heteroatoms. The molecule has 1 fully saturated rings. The standard InChI is InChI=1S/C27H38N2O3S/c1-4-24-23(17-22(33-24)16-18(2)3)26(19-8-6-5-7-9-19)29-21-12-10-20(11-13-21)27(32)28-15-14-25(30)31/h10-13,17-19,26,29H,4-9,14-16H2,1-3H3,(H,28,32)(H,30,31). The molecule has 0 aliphatic heterocycles. The number of rotatable bonds is 11. The first-order valence-corrected chi connectivity index (χ1v) is 13.2. The second-order valence-corrected chi connectivity index (χ2v) is 10.8. The first kappa shape index (κ1) is 25.3. The van der Waals surface area contributed by atoms with Crippen molar-refractivity contribution in [2.24, 2.45) is 11.8 Å². The van der Waals surface area contributed by atoms with E-state index >= 15 is 0 Å². The quantitative estimate of drug-likeness (QED) is 0.353. The van der Waals surface area contributed by atoms with Crippen molar-refractivity contribution in [3.63, 3.8) is 0 Å². The third kappa shape index (κ3) is 7.32. The maximum atomic E-state index is 12.3. The number of anilines is 1. The summed E-state index contributed by atoms with van der Waals surface area (Å²) in [5.41, 5.74) is 3.02. The molecule has 1 aliphatic rings. The normalized spacial score (nSPS) is 15.4. The van der Waals surface area contributed by atoms with E-state index in [-0.39, 0.29) is 24.9 Å². The number of nitrogens with one attached hydrogen (secondary N) is 2. The highest BCUT2D eigenvalue weighted by Crippen LogP contribution is 2.41. The Morgan fingerprint density at radius 1 is 1.12 bits per heavy atom. The molecule has 1 aromatic heterocycles. The topological polar surface area (TPSA) is 78.4 Å². The van der Waals surface area contributed by atoms with Crippen LogP contribution in [0.2, 0.25) is 0 Å². The fourth-order valence-electron chi connectivity index (χ4n) is 4.74. The van der Waals surface area contributed by atoms with Gasteiger partial charge in [-0.3, -0.25) is 9.59 Å². The summed E-state index contributed by atoms with van der Waals surface area (Å²) in [5, 5.41) is 15.2. The van der Waals surface area contributed by atoms with E-state index in [1.54, 1.807) is 0 Å². The lowest BCUT2D eigenvalue weighted by atomic mass is 9.80. The molecule has 1 atom stereocenters. The molecule has 3 rings (SSSR count).